The second-order valence-electron chi connectivity index (χ2n) is 19.3. The zero-order valence-electron chi connectivity index (χ0n) is 39.9. The van der Waals surface area contributed by atoms with Crippen molar-refractivity contribution in [2.75, 3.05) is 0 Å². The van der Waals surface area contributed by atoms with E-state index in [0.717, 1.165) is 0 Å². The molecule has 0 nitrogen and oxygen atoms in total. The van der Waals surface area contributed by atoms with Gasteiger partial charge < -0.3 is 0 Å². The van der Waals surface area contributed by atoms with Crippen molar-refractivity contribution >= 4 is 18.5 Å². The van der Waals surface area contributed by atoms with E-state index in [1.807, 2.05) is 0 Å². The third-order valence-corrected chi connectivity index (χ3v) is 18.9. The Labute approximate surface area is 363 Å². The summed E-state index contributed by atoms with van der Waals surface area (Å²) in [5.41, 5.74) is 0. The second kappa shape index (κ2) is 49.9. The van der Waals surface area contributed by atoms with E-state index in [4.69, 9.17) is 11.1 Å². The number of rotatable bonds is 51. The highest BCUT2D eigenvalue weighted by molar-refractivity contribution is 7.20. The predicted octanol–water partition coefficient (Wildman–Crippen LogP) is 22.0. The molecule has 0 aliphatic carbocycles. The van der Waals surface area contributed by atoms with Gasteiger partial charge in [0.1, 0.15) is 0 Å². The zero-order chi connectivity index (χ0) is 40.6. The van der Waals surface area contributed by atoms with Crippen LogP contribution < -0.4 is 0 Å². The van der Waals surface area contributed by atoms with Crippen molar-refractivity contribution < 1.29 is 0 Å². The molecule has 0 aliphatic rings. The van der Waals surface area contributed by atoms with E-state index in [0.29, 0.717) is 0 Å². The average Bonchev–Trinajstić information content (AvgIpc) is 3.20. The van der Waals surface area contributed by atoms with Crippen molar-refractivity contribution in [3.63, 3.8) is 0 Å². The maximum atomic E-state index is 7.67. The molecular formula is C54H111ClSi. The van der Waals surface area contributed by atoms with Crippen LogP contribution in [0, 0.1) is 0 Å². The summed E-state index contributed by atoms with van der Waals surface area (Å²) in [5.74, 6) is 0. The van der Waals surface area contributed by atoms with Crippen molar-refractivity contribution in [2.45, 2.75) is 347 Å². The molecule has 0 aromatic rings. The Hall–Kier alpha value is 0.507. The summed E-state index contributed by atoms with van der Waals surface area (Å²) in [6.45, 7) is 6.95. The molecule has 2 heteroatoms. The quantitative estimate of drug-likeness (QED) is 0.0326. The lowest BCUT2D eigenvalue weighted by Gasteiger charge is -2.25. The van der Waals surface area contributed by atoms with Crippen LogP contribution in [0.2, 0.25) is 18.1 Å². The highest BCUT2D eigenvalue weighted by Gasteiger charge is 2.29. The van der Waals surface area contributed by atoms with Crippen molar-refractivity contribution in [3.05, 3.63) is 0 Å². The first-order chi connectivity index (χ1) is 27.7. The largest absolute Gasteiger partial charge is 0.167 e. The molecule has 0 amide bonds. The smallest absolute Gasteiger partial charge is 0.156 e. The maximum Gasteiger partial charge on any atom is 0.156 e. The normalized spacial score (nSPS) is 12.0. The first-order valence-corrected chi connectivity index (χ1v) is 31.0. The summed E-state index contributed by atoms with van der Waals surface area (Å²) in [6, 6.07) is 4.22. The number of halogens is 1. The van der Waals surface area contributed by atoms with Crippen LogP contribution in [0.1, 0.15) is 329 Å². The van der Waals surface area contributed by atoms with Crippen molar-refractivity contribution in [3.8, 4) is 0 Å². The lowest BCUT2D eigenvalue weighted by molar-refractivity contribution is 0.529. The minimum Gasteiger partial charge on any atom is -0.167 e. The van der Waals surface area contributed by atoms with E-state index >= 15 is 0 Å². The lowest BCUT2D eigenvalue weighted by Crippen LogP contribution is -2.26. The minimum atomic E-state index is -1.60. The number of hydrogen-bond acceptors (Lipinski definition) is 0. The summed E-state index contributed by atoms with van der Waals surface area (Å²) >= 11 is 7.67. The van der Waals surface area contributed by atoms with Crippen LogP contribution in [0.25, 0.3) is 0 Å². The molecule has 0 bridgehead atoms. The van der Waals surface area contributed by atoms with Gasteiger partial charge in [-0.15, -0.1) is 0 Å². The molecule has 0 spiro atoms. The van der Waals surface area contributed by atoms with Crippen molar-refractivity contribution in [1.29, 1.82) is 0 Å². The Kier molecular flexibility index (Phi) is 50.3. The van der Waals surface area contributed by atoms with E-state index in [9.17, 15) is 0 Å². The van der Waals surface area contributed by atoms with Crippen LogP contribution in [0.5, 0.6) is 0 Å². The van der Waals surface area contributed by atoms with Crippen LogP contribution in [-0.4, -0.2) is 7.38 Å². The van der Waals surface area contributed by atoms with Gasteiger partial charge in [0.15, 0.2) is 7.38 Å². The summed E-state index contributed by atoms with van der Waals surface area (Å²) in [7, 11) is -1.60. The van der Waals surface area contributed by atoms with Crippen LogP contribution in [0.3, 0.4) is 0 Å². The third kappa shape index (κ3) is 47.2. The fraction of sp³-hybridized carbons (Fsp3) is 1.00. The van der Waals surface area contributed by atoms with E-state index in [-0.39, 0.29) is 0 Å². The van der Waals surface area contributed by atoms with Gasteiger partial charge in [0, 0.05) is 0 Å². The molecule has 0 aliphatic heterocycles. The molecule has 0 atom stereocenters. The highest BCUT2D eigenvalue weighted by Crippen LogP contribution is 2.33. The van der Waals surface area contributed by atoms with E-state index in [1.54, 1.807) is 0 Å². The molecule has 0 unspecified atom stereocenters. The van der Waals surface area contributed by atoms with Crippen LogP contribution in [0.4, 0.5) is 0 Å². The lowest BCUT2D eigenvalue weighted by atomic mass is 10.0. The van der Waals surface area contributed by atoms with Gasteiger partial charge in [-0.05, 0) is 18.1 Å². The van der Waals surface area contributed by atoms with Gasteiger partial charge in [-0.2, -0.15) is 11.1 Å². The summed E-state index contributed by atoms with van der Waals surface area (Å²) in [5, 5.41) is 0. The first kappa shape index (κ1) is 56.5. The van der Waals surface area contributed by atoms with Gasteiger partial charge in [0.2, 0.25) is 0 Å². The zero-order valence-corrected chi connectivity index (χ0v) is 41.7. The third-order valence-electron chi connectivity index (χ3n) is 13.4. The van der Waals surface area contributed by atoms with Crippen molar-refractivity contribution in [1.82, 2.24) is 0 Å². The standard InChI is InChI=1S/C54H111ClSi/c1-4-7-10-13-16-19-22-25-28-31-34-37-40-43-46-49-52-56(55,53-50-47-44-41-38-35-32-29-26-23-20-17-14-11-8-5-2)54-51-48-45-42-39-36-33-30-27-24-21-18-15-12-9-6-3/h4-54H2,1-3H3. The molecule has 0 aromatic heterocycles. The van der Waals surface area contributed by atoms with Gasteiger partial charge in [-0.25, -0.2) is 0 Å². The van der Waals surface area contributed by atoms with Gasteiger partial charge in [-0.1, -0.05) is 329 Å². The van der Waals surface area contributed by atoms with E-state index < -0.39 is 7.38 Å². The van der Waals surface area contributed by atoms with Crippen LogP contribution >= 0.6 is 11.1 Å². The SMILES string of the molecule is CCCCCCCCCCCCCCCCCC[Si](Cl)(CCCCCCCCCCCCCCCCCC)CCCCCCCCCCCCCCCCCC. The Bertz CT molecular complexity index is 589. The molecule has 0 saturated heterocycles. The first-order valence-electron chi connectivity index (χ1n) is 27.4. The molecular weight excluding hydrogens is 712 g/mol. The topological polar surface area (TPSA) is 0 Å². The molecule has 0 rings (SSSR count). The summed E-state index contributed by atoms with van der Waals surface area (Å²) in [4.78, 5) is 0. The summed E-state index contributed by atoms with van der Waals surface area (Å²) < 4.78 is 0. The monoisotopic (exact) mass is 823 g/mol. The highest BCUT2D eigenvalue weighted by atomic mass is 35.6. The summed E-state index contributed by atoms with van der Waals surface area (Å²) in [6.07, 6.45) is 70.1. The molecule has 0 N–H and O–H groups in total. The molecule has 0 fully saturated rings. The van der Waals surface area contributed by atoms with Gasteiger partial charge in [0.05, 0.1) is 0 Å². The minimum absolute atomic E-state index is 1.37. The van der Waals surface area contributed by atoms with Crippen LogP contribution in [0.15, 0.2) is 0 Å². The van der Waals surface area contributed by atoms with E-state index in [2.05, 4.69) is 20.8 Å². The molecule has 0 saturated carbocycles. The van der Waals surface area contributed by atoms with Gasteiger partial charge >= 0.3 is 0 Å². The fourth-order valence-electron chi connectivity index (χ4n) is 9.34. The number of unbranched alkanes of at least 4 members (excludes halogenated alkanes) is 45. The predicted molar refractivity (Wildman–Crippen MR) is 265 cm³/mol. The Morgan fingerprint density at radius 1 is 0.179 bits per heavy atom. The molecule has 0 heterocycles. The molecule has 0 aromatic carbocycles. The molecule has 0 radical (unpaired) electrons. The average molecular weight is 824 g/mol. The number of hydrogen-bond donors (Lipinski definition) is 0. The van der Waals surface area contributed by atoms with E-state index in [1.165, 1.54) is 326 Å². The Morgan fingerprint density at radius 3 is 0.411 bits per heavy atom. The second-order valence-corrected chi connectivity index (χ2v) is 25.5. The van der Waals surface area contributed by atoms with Gasteiger partial charge in [-0.3, -0.25) is 0 Å². The Morgan fingerprint density at radius 2 is 0.286 bits per heavy atom. The van der Waals surface area contributed by atoms with Crippen LogP contribution in [-0.2, 0) is 0 Å². The van der Waals surface area contributed by atoms with Crippen molar-refractivity contribution in [2.24, 2.45) is 0 Å². The van der Waals surface area contributed by atoms with Gasteiger partial charge in [0.25, 0.3) is 0 Å². The maximum absolute atomic E-state index is 7.67. The Balaban J connectivity index is 4.08. The molecule has 56 heavy (non-hydrogen) atoms. The molecule has 338 valence electrons. The fourth-order valence-corrected chi connectivity index (χ4v) is 13.9.